The van der Waals surface area contributed by atoms with Crippen LogP contribution >= 0.6 is 12.4 Å². The van der Waals surface area contributed by atoms with Crippen LogP contribution in [0, 0.1) is 0 Å². The first-order chi connectivity index (χ1) is 10.4. The van der Waals surface area contributed by atoms with Gasteiger partial charge < -0.3 is 9.73 Å². The fourth-order valence-corrected chi connectivity index (χ4v) is 3.16. The monoisotopic (exact) mass is 314 g/mol. The molecule has 0 fully saturated rings. The largest absolute Gasteiger partial charge is 0.467 e. The predicted molar refractivity (Wildman–Crippen MR) is 91.7 cm³/mol. The van der Waals surface area contributed by atoms with Gasteiger partial charge in [-0.15, -0.1) is 12.4 Å². The molecule has 0 spiro atoms. The maximum absolute atomic E-state index is 5.43. The zero-order valence-corrected chi connectivity index (χ0v) is 13.2. The highest BCUT2D eigenvalue weighted by Crippen LogP contribution is 2.33. The molecule has 114 valence electrons. The van der Waals surface area contributed by atoms with E-state index < -0.39 is 0 Å². The van der Waals surface area contributed by atoms with Crippen molar-refractivity contribution in [2.24, 2.45) is 0 Å². The van der Waals surface area contributed by atoms with Crippen molar-refractivity contribution in [1.82, 2.24) is 4.98 Å². The molecular formula is C18H19ClN2O. The van der Waals surface area contributed by atoms with Gasteiger partial charge in [0.05, 0.1) is 18.3 Å². The maximum Gasteiger partial charge on any atom is 0.122 e. The number of nitrogens with zero attached hydrogens (tertiary/aromatic N) is 1. The molecule has 0 saturated carbocycles. The first-order valence-corrected chi connectivity index (χ1v) is 7.58. The molecule has 0 unspecified atom stereocenters. The molecule has 3 aromatic rings. The van der Waals surface area contributed by atoms with E-state index in [1.165, 1.54) is 35.2 Å². The van der Waals surface area contributed by atoms with E-state index in [4.69, 9.17) is 9.40 Å². The highest BCUT2D eigenvalue weighted by Gasteiger charge is 2.17. The second-order valence-electron chi connectivity index (χ2n) is 5.57. The summed E-state index contributed by atoms with van der Waals surface area (Å²) in [5.74, 6) is 0.959. The Kier molecular flexibility index (Phi) is 4.34. The Morgan fingerprint density at radius 3 is 2.77 bits per heavy atom. The lowest BCUT2D eigenvalue weighted by molar-refractivity contribution is 0.518. The van der Waals surface area contributed by atoms with Crippen LogP contribution in [0.25, 0.3) is 10.9 Å². The molecule has 0 atom stereocenters. The van der Waals surface area contributed by atoms with Gasteiger partial charge in [0.25, 0.3) is 0 Å². The third kappa shape index (κ3) is 2.69. The van der Waals surface area contributed by atoms with Gasteiger partial charge in [0.1, 0.15) is 5.76 Å². The van der Waals surface area contributed by atoms with Gasteiger partial charge in [-0.3, -0.25) is 4.98 Å². The zero-order chi connectivity index (χ0) is 14.1. The van der Waals surface area contributed by atoms with Gasteiger partial charge in [0.2, 0.25) is 0 Å². The fraction of sp³-hybridized carbons (Fsp3) is 0.278. The quantitative estimate of drug-likeness (QED) is 0.758. The van der Waals surface area contributed by atoms with Crippen LogP contribution in [-0.4, -0.2) is 4.98 Å². The number of aromatic nitrogens is 1. The summed E-state index contributed by atoms with van der Waals surface area (Å²) >= 11 is 0. The number of hydrogen-bond acceptors (Lipinski definition) is 3. The number of nitrogens with one attached hydrogen (secondary N) is 1. The van der Waals surface area contributed by atoms with Crippen molar-refractivity contribution in [3.8, 4) is 0 Å². The summed E-state index contributed by atoms with van der Waals surface area (Å²) in [6.07, 6.45) is 6.43. The number of hydrogen-bond donors (Lipinski definition) is 1. The van der Waals surface area contributed by atoms with E-state index in [-0.39, 0.29) is 12.4 Å². The van der Waals surface area contributed by atoms with E-state index in [9.17, 15) is 0 Å². The number of rotatable bonds is 3. The van der Waals surface area contributed by atoms with Crippen molar-refractivity contribution >= 4 is 29.0 Å². The number of anilines is 1. The molecule has 0 aliphatic heterocycles. The van der Waals surface area contributed by atoms with E-state index in [1.807, 2.05) is 12.1 Å². The number of benzene rings is 1. The SMILES string of the molecule is Cl.c1coc(CNc2c3c(nc4ccccc24)CCCC3)c1. The van der Waals surface area contributed by atoms with Gasteiger partial charge in [-0.1, -0.05) is 18.2 Å². The summed E-state index contributed by atoms with van der Waals surface area (Å²) < 4.78 is 5.43. The standard InChI is InChI=1S/C18H18N2O.ClH/c1-3-9-16-14(7-1)18(19-12-13-6-5-11-21-13)15-8-2-4-10-17(15)20-16;/h1,3,5-7,9,11H,2,4,8,10,12H2,(H,19,20);1H. The first kappa shape index (κ1) is 14.9. The van der Waals surface area contributed by atoms with E-state index in [0.717, 1.165) is 24.1 Å². The molecule has 0 bridgehead atoms. The number of aryl methyl sites for hydroxylation is 1. The van der Waals surface area contributed by atoms with Gasteiger partial charge in [-0.25, -0.2) is 0 Å². The lowest BCUT2D eigenvalue weighted by Crippen LogP contribution is -2.11. The Labute approximate surface area is 136 Å². The molecule has 4 heteroatoms. The molecule has 2 aromatic heterocycles. The third-order valence-corrected chi connectivity index (χ3v) is 4.19. The van der Waals surface area contributed by atoms with Crippen molar-refractivity contribution < 1.29 is 4.42 Å². The molecule has 0 saturated heterocycles. The van der Waals surface area contributed by atoms with Crippen molar-refractivity contribution in [2.75, 3.05) is 5.32 Å². The average Bonchev–Trinajstić information content (AvgIpc) is 3.05. The number of furan rings is 1. The Hall–Kier alpha value is -2.00. The summed E-state index contributed by atoms with van der Waals surface area (Å²) in [6, 6.07) is 12.3. The lowest BCUT2D eigenvalue weighted by atomic mass is 9.92. The Morgan fingerprint density at radius 1 is 1.05 bits per heavy atom. The van der Waals surface area contributed by atoms with Gasteiger partial charge >= 0.3 is 0 Å². The van der Waals surface area contributed by atoms with Crippen LogP contribution in [0.4, 0.5) is 5.69 Å². The van der Waals surface area contributed by atoms with E-state index in [2.05, 4.69) is 29.6 Å². The molecule has 1 N–H and O–H groups in total. The van der Waals surface area contributed by atoms with Crippen LogP contribution in [0.1, 0.15) is 29.9 Å². The summed E-state index contributed by atoms with van der Waals surface area (Å²) in [4.78, 5) is 4.86. The van der Waals surface area contributed by atoms with Crippen molar-refractivity contribution in [3.05, 3.63) is 59.7 Å². The normalized spacial score (nSPS) is 13.5. The minimum Gasteiger partial charge on any atom is -0.467 e. The van der Waals surface area contributed by atoms with Crippen LogP contribution in [0.3, 0.4) is 0 Å². The fourth-order valence-electron chi connectivity index (χ4n) is 3.16. The predicted octanol–water partition coefficient (Wildman–Crippen LogP) is 4.74. The lowest BCUT2D eigenvalue weighted by Gasteiger charge is -2.21. The Morgan fingerprint density at radius 2 is 1.91 bits per heavy atom. The van der Waals surface area contributed by atoms with Crippen molar-refractivity contribution in [3.63, 3.8) is 0 Å². The molecule has 4 rings (SSSR count). The summed E-state index contributed by atoms with van der Waals surface area (Å²) in [5, 5.41) is 4.80. The second kappa shape index (κ2) is 6.41. The van der Waals surface area contributed by atoms with Crippen LogP contribution in [-0.2, 0) is 19.4 Å². The molecule has 3 nitrogen and oxygen atoms in total. The smallest absolute Gasteiger partial charge is 0.122 e. The number of pyridine rings is 1. The average molecular weight is 315 g/mol. The summed E-state index contributed by atoms with van der Waals surface area (Å²) in [5.41, 5.74) is 4.99. The van der Waals surface area contributed by atoms with Crippen LogP contribution < -0.4 is 5.32 Å². The first-order valence-electron chi connectivity index (χ1n) is 7.58. The van der Waals surface area contributed by atoms with E-state index >= 15 is 0 Å². The molecule has 1 aliphatic carbocycles. The molecule has 1 aromatic carbocycles. The number of halogens is 1. The van der Waals surface area contributed by atoms with E-state index in [1.54, 1.807) is 6.26 Å². The highest BCUT2D eigenvalue weighted by atomic mass is 35.5. The molecule has 0 radical (unpaired) electrons. The second-order valence-corrected chi connectivity index (χ2v) is 5.57. The van der Waals surface area contributed by atoms with Gasteiger partial charge in [0.15, 0.2) is 0 Å². The highest BCUT2D eigenvalue weighted by molar-refractivity contribution is 5.93. The van der Waals surface area contributed by atoms with Crippen molar-refractivity contribution in [2.45, 2.75) is 32.2 Å². The van der Waals surface area contributed by atoms with Crippen molar-refractivity contribution in [1.29, 1.82) is 0 Å². The van der Waals surface area contributed by atoms with E-state index in [0.29, 0.717) is 6.54 Å². The van der Waals surface area contributed by atoms with Crippen LogP contribution in [0.15, 0.2) is 47.1 Å². The van der Waals surface area contributed by atoms with Gasteiger partial charge in [0, 0.05) is 16.8 Å². The number of fused-ring (bicyclic) bond motifs is 2. The van der Waals surface area contributed by atoms with Gasteiger partial charge in [-0.05, 0) is 49.4 Å². The molecular weight excluding hydrogens is 296 g/mol. The molecule has 22 heavy (non-hydrogen) atoms. The minimum atomic E-state index is 0. The molecule has 1 aliphatic rings. The maximum atomic E-state index is 5.43. The van der Waals surface area contributed by atoms with Gasteiger partial charge in [-0.2, -0.15) is 0 Å². The minimum absolute atomic E-state index is 0. The molecule has 0 amide bonds. The number of para-hydroxylation sites is 1. The summed E-state index contributed by atoms with van der Waals surface area (Å²) in [7, 11) is 0. The summed E-state index contributed by atoms with van der Waals surface area (Å²) in [6.45, 7) is 0.716. The Bertz CT molecular complexity index is 768. The van der Waals surface area contributed by atoms with Crippen LogP contribution in [0.2, 0.25) is 0 Å². The molecule has 2 heterocycles. The Balaban J connectivity index is 0.00000144. The third-order valence-electron chi connectivity index (χ3n) is 4.19. The zero-order valence-electron chi connectivity index (χ0n) is 12.3. The topological polar surface area (TPSA) is 38.1 Å². The van der Waals surface area contributed by atoms with Crippen LogP contribution in [0.5, 0.6) is 0 Å².